The van der Waals surface area contributed by atoms with Crippen LogP contribution in [0.3, 0.4) is 0 Å². The number of amides is 2. The van der Waals surface area contributed by atoms with Gasteiger partial charge in [0.05, 0.1) is 12.2 Å². The molecule has 1 saturated heterocycles. The Morgan fingerprint density at radius 2 is 2.09 bits per heavy atom. The number of benzene rings is 1. The second kappa shape index (κ2) is 13.6. The number of halogens is 1. The lowest BCUT2D eigenvalue weighted by Gasteiger charge is -2.43. The van der Waals surface area contributed by atoms with E-state index in [1.165, 1.54) is 0 Å². The summed E-state index contributed by atoms with van der Waals surface area (Å²) in [4.78, 5) is 14.8. The van der Waals surface area contributed by atoms with E-state index in [1.54, 1.807) is 14.2 Å². The van der Waals surface area contributed by atoms with Gasteiger partial charge in [0.1, 0.15) is 0 Å². The van der Waals surface area contributed by atoms with Crippen LogP contribution in [0.5, 0.6) is 0 Å². The zero-order valence-electron chi connectivity index (χ0n) is 21.3. The number of hydrogen-bond acceptors (Lipinski definition) is 5. The van der Waals surface area contributed by atoms with E-state index in [1.807, 2.05) is 29.2 Å². The molecule has 0 aliphatic carbocycles. The van der Waals surface area contributed by atoms with Crippen molar-refractivity contribution >= 4 is 17.6 Å². The molecule has 1 heterocycles. The maximum absolute atomic E-state index is 13.0. The van der Waals surface area contributed by atoms with Crippen LogP contribution in [0.4, 0.5) is 4.79 Å². The zero-order valence-corrected chi connectivity index (χ0v) is 22.1. The van der Waals surface area contributed by atoms with E-state index in [0.717, 1.165) is 37.7 Å². The van der Waals surface area contributed by atoms with Gasteiger partial charge in [0.2, 0.25) is 0 Å². The Balaban J connectivity index is 2.04. The Morgan fingerprint density at radius 1 is 1.32 bits per heavy atom. The molecule has 0 radical (unpaired) electrons. The minimum atomic E-state index is -1.06. The van der Waals surface area contributed by atoms with Crippen molar-refractivity contribution < 1.29 is 19.4 Å². The summed E-state index contributed by atoms with van der Waals surface area (Å²) in [6.07, 6.45) is 4.73. The quantitative estimate of drug-likeness (QED) is 0.355. The average molecular weight is 498 g/mol. The van der Waals surface area contributed by atoms with E-state index in [9.17, 15) is 9.90 Å². The number of likely N-dealkylation sites (tertiary alicyclic amines) is 1. The summed E-state index contributed by atoms with van der Waals surface area (Å²) in [6.45, 7) is 7.06. The van der Waals surface area contributed by atoms with Crippen LogP contribution in [-0.2, 0) is 15.1 Å². The van der Waals surface area contributed by atoms with Crippen LogP contribution in [-0.4, -0.2) is 69.1 Å². The number of urea groups is 1. The largest absolute Gasteiger partial charge is 0.385 e. The van der Waals surface area contributed by atoms with Gasteiger partial charge in [-0.25, -0.2) is 4.79 Å². The topological polar surface area (TPSA) is 97.1 Å². The number of rotatable bonds is 13. The first-order chi connectivity index (χ1) is 16.1. The fourth-order valence-corrected chi connectivity index (χ4v) is 5.29. The molecule has 0 bridgehead atoms. The first kappa shape index (κ1) is 28.9. The average Bonchev–Trinajstić information content (AvgIpc) is 2.80. The molecule has 194 valence electrons. The molecule has 7 nitrogen and oxygen atoms in total. The highest BCUT2D eigenvalue weighted by molar-refractivity contribution is 6.30. The molecule has 0 aromatic heterocycles. The van der Waals surface area contributed by atoms with Crippen LogP contribution < -0.4 is 11.1 Å². The van der Waals surface area contributed by atoms with Crippen molar-refractivity contribution in [3.05, 3.63) is 34.9 Å². The third kappa shape index (κ3) is 8.68. The molecule has 1 aliphatic rings. The predicted molar refractivity (Wildman–Crippen MR) is 137 cm³/mol. The first-order valence-corrected chi connectivity index (χ1v) is 12.7. The van der Waals surface area contributed by atoms with Gasteiger partial charge in [-0.2, -0.15) is 0 Å². The summed E-state index contributed by atoms with van der Waals surface area (Å²) >= 11 is 6.26. The van der Waals surface area contributed by atoms with E-state index in [2.05, 4.69) is 19.2 Å². The lowest BCUT2D eigenvalue weighted by Crippen LogP contribution is -2.52. The monoisotopic (exact) mass is 497 g/mol. The summed E-state index contributed by atoms with van der Waals surface area (Å²) in [5.74, 6) is -0.0812. The molecular weight excluding hydrogens is 454 g/mol. The number of nitrogens with one attached hydrogen (secondary N) is 1. The van der Waals surface area contributed by atoms with Crippen LogP contribution in [0.15, 0.2) is 24.3 Å². The molecule has 3 atom stereocenters. The summed E-state index contributed by atoms with van der Waals surface area (Å²) in [7, 11) is 3.37. The maximum Gasteiger partial charge on any atom is 0.317 e. The van der Waals surface area contributed by atoms with Crippen LogP contribution in [0.25, 0.3) is 0 Å². The van der Waals surface area contributed by atoms with Crippen molar-refractivity contribution in [3.63, 3.8) is 0 Å². The van der Waals surface area contributed by atoms with Gasteiger partial charge in [-0.15, -0.1) is 0 Å². The number of ether oxygens (including phenoxy) is 2. The number of unbranched alkanes of at least 4 members (excludes halogenated alkanes) is 1. The first-order valence-electron chi connectivity index (χ1n) is 12.4. The Kier molecular flexibility index (Phi) is 11.6. The summed E-state index contributed by atoms with van der Waals surface area (Å²) in [6, 6.07) is 7.18. The van der Waals surface area contributed by atoms with Crippen molar-refractivity contribution in [2.75, 3.05) is 47.1 Å². The number of aliphatic hydroxyl groups is 1. The van der Waals surface area contributed by atoms with Crippen LogP contribution in [0, 0.1) is 11.3 Å². The molecule has 1 aromatic rings. The highest BCUT2D eigenvalue weighted by Crippen LogP contribution is 2.40. The fourth-order valence-electron chi connectivity index (χ4n) is 5.10. The minimum Gasteiger partial charge on any atom is -0.385 e. The summed E-state index contributed by atoms with van der Waals surface area (Å²) < 4.78 is 10.5. The van der Waals surface area contributed by atoms with Crippen molar-refractivity contribution in [2.45, 2.75) is 64.0 Å². The van der Waals surface area contributed by atoms with Gasteiger partial charge < -0.3 is 30.5 Å². The minimum absolute atomic E-state index is 0.0502. The number of nitrogens with zero attached hydrogens (tertiary/aromatic N) is 1. The van der Waals surface area contributed by atoms with Gasteiger partial charge in [-0.05, 0) is 61.6 Å². The van der Waals surface area contributed by atoms with Crippen molar-refractivity contribution in [1.82, 2.24) is 10.2 Å². The van der Waals surface area contributed by atoms with Gasteiger partial charge >= 0.3 is 6.03 Å². The molecule has 34 heavy (non-hydrogen) atoms. The zero-order chi connectivity index (χ0) is 25.2. The molecule has 1 aliphatic heterocycles. The van der Waals surface area contributed by atoms with Crippen LogP contribution >= 0.6 is 11.6 Å². The smallest absolute Gasteiger partial charge is 0.317 e. The van der Waals surface area contributed by atoms with Crippen LogP contribution in [0.1, 0.15) is 57.9 Å². The third-order valence-electron chi connectivity index (χ3n) is 6.73. The van der Waals surface area contributed by atoms with E-state index >= 15 is 0 Å². The predicted octanol–water partition coefficient (Wildman–Crippen LogP) is 4.16. The second-order valence-electron chi connectivity index (χ2n) is 10.4. The molecule has 0 unspecified atom stereocenters. The normalized spacial score (nSPS) is 19.5. The molecule has 4 N–H and O–H groups in total. The Morgan fingerprint density at radius 3 is 2.76 bits per heavy atom. The van der Waals surface area contributed by atoms with E-state index in [-0.39, 0.29) is 23.4 Å². The standard InChI is InChI=1S/C26H44ClN3O4/c1-25(2,19-34-4)16-23(28)17-29-24(31)30-13-8-10-21(18-30)26(32,12-5-6-14-33-3)20-9-7-11-22(27)15-20/h7,9,11,15,21,23,32H,5-6,8,10,12-14,16-19,28H2,1-4H3,(H,29,31)/t21-,23+,26-/m1/s1. The second-order valence-corrected chi connectivity index (χ2v) is 10.9. The molecule has 2 rings (SSSR count). The molecular formula is C26H44ClN3O4. The Bertz CT molecular complexity index is 763. The number of nitrogens with two attached hydrogens (primary N) is 1. The molecule has 8 heteroatoms. The highest BCUT2D eigenvalue weighted by Gasteiger charge is 2.41. The van der Waals surface area contributed by atoms with Crippen molar-refractivity contribution in [3.8, 4) is 0 Å². The summed E-state index contributed by atoms with van der Waals surface area (Å²) in [5, 5.41) is 15.5. The van der Waals surface area contributed by atoms with Crippen LogP contribution in [0.2, 0.25) is 5.02 Å². The molecule has 0 saturated carbocycles. The Hall–Kier alpha value is -1.38. The highest BCUT2D eigenvalue weighted by atomic mass is 35.5. The number of piperidine rings is 1. The molecule has 0 spiro atoms. The lowest BCUT2D eigenvalue weighted by atomic mass is 9.74. The van der Waals surface area contributed by atoms with Gasteiger partial charge in [0, 0.05) is 57.4 Å². The third-order valence-corrected chi connectivity index (χ3v) is 6.97. The van der Waals surface area contributed by atoms with E-state index < -0.39 is 5.60 Å². The summed E-state index contributed by atoms with van der Waals surface area (Å²) in [5.41, 5.74) is 5.99. The van der Waals surface area contributed by atoms with E-state index in [0.29, 0.717) is 44.3 Å². The maximum atomic E-state index is 13.0. The number of carbonyl (C=O) groups excluding carboxylic acids is 1. The van der Waals surface area contributed by atoms with Gasteiger partial charge in [-0.1, -0.05) is 37.6 Å². The fraction of sp³-hybridized carbons (Fsp3) is 0.731. The molecule has 1 aromatic carbocycles. The molecule has 2 amide bonds. The number of hydrogen-bond donors (Lipinski definition) is 3. The molecule has 1 fully saturated rings. The van der Waals surface area contributed by atoms with Crippen molar-refractivity contribution in [2.24, 2.45) is 17.1 Å². The number of carbonyl (C=O) groups is 1. The van der Waals surface area contributed by atoms with E-state index in [4.69, 9.17) is 26.8 Å². The van der Waals surface area contributed by atoms with Gasteiger partial charge in [0.15, 0.2) is 0 Å². The van der Waals surface area contributed by atoms with Crippen molar-refractivity contribution in [1.29, 1.82) is 0 Å². The van der Waals surface area contributed by atoms with Gasteiger partial charge in [0.25, 0.3) is 0 Å². The number of methoxy groups -OCH3 is 2. The van der Waals surface area contributed by atoms with Gasteiger partial charge in [-0.3, -0.25) is 0 Å². The SMILES string of the molecule is COCCCC[C@@](O)(c1cccc(Cl)c1)[C@@H]1CCCN(C(=O)NC[C@@H](N)CC(C)(C)COC)C1. The Labute approximate surface area is 210 Å². The lowest BCUT2D eigenvalue weighted by molar-refractivity contribution is -0.0563.